The van der Waals surface area contributed by atoms with E-state index in [0.717, 1.165) is 0 Å². The van der Waals surface area contributed by atoms with Gasteiger partial charge in [0.05, 0.1) is 0 Å². The van der Waals surface area contributed by atoms with E-state index < -0.39 is 0 Å². The van der Waals surface area contributed by atoms with Gasteiger partial charge in [0, 0.05) is 0 Å². The molecule has 19 heavy (non-hydrogen) atoms. The first-order valence-corrected chi connectivity index (χ1v) is 11.1. The van der Waals surface area contributed by atoms with Crippen LogP contribution in [0.4, 0.5) is 0 Å². The molecule has 0 radical (unpaired) electrons. The molecule has 98 valence electrons. The molecular formula is C17H18Te2. The van der Waals surface area contributed by atoms with Crippen molar-refractivity contribution in [1.82, 2.24) is 0 Å². The van der Waals surface area contributed by atoms with Crippen molar-refractivity contribution in [2.45, 2.75) is 13.8 Å². The Hall–Kier alpha value is -0.241. The predicted octanol–water partition coefficient (Wildman–Crippen LogP) is 2.54. The molecule has 0 aliphatic carbocycles. The first kappa shape index (κ1) is 15.2. The van der Waals surface area contributed by atoms with Crippen LogP contribution in [0.15, 0.2) is 68.4 Å². The standard InChI is InChI=1S/C17H18Te2/c1-14(2)13-17(18-15-9-5-3-6-10-15)19-16-11-7-4-8-12-16/h3-14H,1-2H3. The quantitative estimate of drug-likeness (QED) is 0.581. The summed E-state index contributed by atoms with van der Waals surface area (Å²) in [7, 11) is 0. The molecule has 2 rings (SSSR count). The molecule has 0 saturated heterocycles. The summed E-state index contributed by atoms with van der Waals surface area (Å²) in [6, 6.07) is 22.0. The van der Waals surface area contributed by atoms with Gasteiger partial charge >= 0.3 is 137 Å². The van der Waals surface area contributed by atoms with Crippen molar-refractivity contribution in [3.05, 3.63) is 68.4 Å². The molecule has 2 heteroatoms. The molecule has 0 fully saturated rings. The predicted molar refractivity (Wildman–Crippen MR) is 86.6 cm³/mol. The third kappa shape index (κ3) is 5.72. The summed E-state index contributed by atoms with van der Waals surface area (Å²) in [6.45, 7) is 4.58. The average Bonchev–Trinajstić information content (AvgIpc) is 2.40. The molecule has 0 heterocycles. The van der Waals surface area contributed by atoms with E-state index in [4.69, 9.17) is 0 Å². The van der Waals surface area contributed by atoms with Gasteiger partial charge in [0.25, 0.3) is 0 Å². The molecule has 0 bridgehead atoms. The number of hydrogen-bond donors (Lipinski definition) is 0. The summed E-state index contributed by atoms with van der Waals surface area (Å²) in [4.78, 5) is 0. The third-order valence-electron chi connectivity index (χ3n) is 2.39. The van der Waals surface area contributed by atoms with E-state index >= 15 is 0 Å². The molecule has 2 aromatic carbocycles. The van der Waals surface area contributed by atoms with Crippen LogP contribution in [0, 0.1) is 5.92 Å². The van der Waals surface area contributed by atoms with Crippen LogP contribution in [0.5, 0.6) is 0 Å². The van der Waals surface area contributed by atoms with Crippen molar-refractivity contribution in [2.24, 2.45) is 5.92 Å². The van der Waals surface area contributed by atoms with Gasteiger partial charge in [-0.3, -0.25) is 0 Å². The molecule has 0 saturated carbocycles. The molecule has 2 aromatic rings. The first-order valence-electron chi connectivity index (χ1n) is 6.41. The van der Waals surface area contributed by atoms with Gasteiger partial charge in [-0.1, -0.05) is 0 Å². The normalized spacial score (nSPS) is 10.5. The van der Waals surface area contributed by atoms with Crippen LogP contribution in [-0.4, -0.2) is 41.8 Å². The van der Waals surface area contributed by atoms with Gasteiger partial charge in [-0.05, 0) is 0 Å². The number of rotatable bonds is 5. The van der Waals surface area contributed by atoms with Crippen LogP contribution in [0.3, 0.4) is 0 Å². The van der Waals surface area contributed by atoms with E-state index in [-0.39, 0.29) is 41.8 Å². The fourth-order valence-corrected chi connectivity index (χ4v) is 11.1. The fraction of sp³-hybridized carbons (Fsp3) is 0.176. The van der Waals surface area contributed by atoms with Gasteiger partial charge < -0.3 is 0 Å². The van der Waals surface area contributed by atoms with Crippen LogP contribution in [0.2, 0.25) is 0 Å². The van der Waals surface area contributed by atoms with Crippen molar-refractivity contribution in [1.29, 1.82) is 0 Å². The van der Waals surface area contributed by atoms with Crippen molar-refractivity contribution < 1.29 is 0 Å². The minimum absolute atomic E-state index is 0.177. The molecule has 0 nitrogen and oxygen atoms in total. The molecule has 0 amide bonds. The topological polar surface area (TPSA) is 0 Å². The molecule has 0 spiro atoms. The molecule has 0 N–H and O–H groups in total. The van der Waals surface area contributed by atoms with Crippen LogP contribution in [-0.2, 0) is 0 Å². The minimum atomic E-state index is -0.177. The summed E-state index contributed by atoms with van der Waals surface area (Å²) in [5, 5.41) is 0. The van der Waals surface area contributed by atoms with E-state index in [1.807, 2.05) is 0 Å². The third-order valence-corrected chi connectivity index (χ3v) is 10.4. The Morgan fingerprint density at radius 3 is 1.58 bits per heavy atom. The zero-order valence-corrected chi connectivity index (χ0v) is 15.9. The Labute approximate surface area is 136 Å². The Kier molecular flexibility index (Phi) is 6.49. The number of allylic oxidation sites excluding steroid dienone is 1. The number of benzene rings is 2. The second-order valence-electron chi connectivity index (χ2n) is 4.56. The van der Waals surface area contributed by atoms with Gasteiger partial charge in [-0.2, -0.15) is 0 Å². The Balaban J connectivity index is 2.13. The van der Waals surface area contributed by atoms with Gasteiger partial charge in [0.15, 0.2) is 0 Å². The van der Waals surface area contributed by atoms with Crippen LogP contribution in [0.1, 0.15) is 13.8 Å². The second-order valence-corrected chi connectivity index (χ2v) is 13.4. The SMILES string of the molecule is CC(C)C=C([Te]c1ccccc1)[Te]c1ccccc1. The fourth-order valence-electron chi connectivity index (χ4n) is 1.57. The maximum atomic E-state index is 2.52. The van der Waals surface area contributed by atoms with Crippen molar-refractivity contribution >= 4 is 49.1 Å². The molecule has 0 aliphatic rings. The summed E-state index contributed by atoms with van der Waals surface area (Å²) >= 11 is -0.355. The summed E-state index contributed by atoms with van der Waals surface area (Å²) in [5.41, 5.74) is 0. The van der Waals surface area contributed by atoms with Gasteiger partial charge in [0.1, 0.15) is 0 Å². The Morgan fingerprint density at radius 1 is 0.789 bits per heavy atom. The van der Waals surface area contributed by atoms with Crippen LogP contribution in [0.25, 0.3) is 0 Å². The molecule has 0 aromatic heterocycles. The van der Waals surface area contributed by atoms with Gasteiger partial charge in [-0.15, -0.1) is 0 Å². The van der Waals surface area contributed by atoms with Gasteiger partial charge in [0.2, 0.25) is 0 Å². The van der Waals surface area contributed by atoms with E-state index in [1.165, 1.54) is 0 Å². The zero-order valence-electron chi connectivity index (χ0n) is 11.2. The molecule has 0 atom stereocenters. The Bertz CT molecular complexity index is 472. The summed E-state index contributed by atoms with van der Waals surface area (Å²) < 4.78 is 4.88. The second kappa shape index (κ2) is 8.14. The molecular weight excluding hydrogens is 459 g/mol. The monoisotopic (exact) mass is 482 g/mol. The van der Waals surface area contributed by atoms with E-state index in [1.54, 1.807) is 8.89 Å². The molecule has 0 unspecified atom stereocenters. The zero-order chi connectivity index (χ0) is 13.5. The van der Waals surface area contributed by atoms with Crippen LogP contribution >= 0.6 is 0 Å². The van der Waals surface area contributed by atoms with Crippen molar-refractivity contribution in [2.75, 3.05) is 0 Å². The van der Waals surface area contributed by atoms with E-state index in [0.29, 0.717) is 5.92 Å². The summed E-state index contributed by atoms with van der Waals surface area (Å²) in [5.74, 6) is 0.664. The van der Waals surface area contributed by atoms with E-state index in [9.17, 15) is 0 Å². The number of hydrogen-bond acceptors (Lipinski definition) is 0. The summed E-state index contributed by atoms with van der Waals surface area (Å²) in [6.07, 6.45) is 2.52. The van der Waals surface area contributed by atoms with Crippen LogP contribution < -0.4 is 7.22 Å². The maximum absolute atomic E-state index is 2.52. The molecule has 0 aliphatic heterocycles. The Morgan fingerprint density at radius 2 is 1.21 bits per heavy atom. The van der Waals surface area contributed by atoms with Crippen molar-refractivity contribution in [3.63, 3.8) is 0 Å². The van der Waals surface area contributed by atoms with Gasteiger partial charge in [-0.25, -0.2) is 0 Å². The first-order chi connectivity index (χ1) is 9.24. The van der Waals surface area contributed by atoms with Crippen molar-refractivity contribution in [3.8, 4) is 0 Å². The average molecular weight is 478 g/mol. The van der Waals surface area contributed by atoms with E-state index in [2.05, 4.69) is 80.6 Å².